The Morgan fingerprint density at radius 2 is 1.96 bits per heavy atom. The van der Waals surface area contributed by atoms with E-state index in [9.17, 15) is 9.59 Å². The number of nitrogens with zero attached hydrogens (tertiary/aromatic N) is 4. The van der Waals surface area contributed by atoms with E-state index in [1.165, 1.54) is 0 Å². The van der Waals surface area contributed by atoms with Gasteiger partial charge in [-0.3, -0.25) is 14.7 Å². The first kappa shape index (κ1) is 17.9. The fourth-order valence-electron chi connectivity index (χ4n) is 3.17. The second-order valence-electron chi connectivity index (χ2n) is 6.53. The number of aromatic amines is 1. The number of nitrogens with two attached hydrogens (primary N) is 1. The number of carbonyl (C=O) groups is 2. The number of rotatable bonds is 5. The van der Waals surface area contributed by atoms with Crippen LogP contribution in [0.5, 0.6) is 0 Å². The van der Waals surface area contributed by atoms with Gasteiger partial charge in [0.2, 0.25) is 5.91 Å². The molecule has 0 atom stereocenters. The SMILES string of the molecule is Cc1[nH]nc(CCC(=O)N2CCN(c3ncccc3C(N)=O)CC2)c1C. The van der Waals surface area contributed by atoms with Crippen molar-refractivity contribution in [1.29, 1.82) is 0 Å². The van der Waals surface area contributed by atoms with Crippen LogP contribution in [0.25, 0.3) is 0 Å². The number of nitrogens with one attached hydrogen (secondary N) is 1. The van der Waals surface area contributed by atoms with E-state index in [0.29, 0.717) is 50.4 Å². The first-order valence-electron chi connectivity index (χ1n) is 8.75. The van der Waals surface area contributed by atoms with Crippen molar-refractivity contribution in [3.8, 4) is 0 Å². The molecule has 138 valence electrons. The van der Waals surface area contributed by atoms with Gasteiger partial charge in [-0.25, -0.2) is 4.98 Å². The number of carbonyl (C=O) groups excluding carboxylic acids is 2. The van der Waals surface area contributed by atoms with Gasteiger partial charge in [0.05, 0.1) is 11.3 Å². The van der Waals surface area contributed by atoms with Crippen LogP contribution in [-0.2, 0) is 11.2 Å². The third kappa shape index (κ3) is 3.68. The second-order valence-corrected chi connectivity index (χ2v) is 6.53. The molecular weight excluding hydrogens is 332 g/mol. The molecule has 3 rings (SSSR count). The molecule has 8 nitrogen and oxygen atoms in total. The van der Waals surface area contributed by atoms with Crippen molar-refractivity contribution in [3.05, 3.63) is 40.8 Å². The third-order valence-electron chi connectivity index (χ3n) is 4.91. The standard InChI is InChI=1S/C18H24N6O2/c1-12-13(2)21-22-15(12)5-6-16(25)23-8-10-24(11-9-23)18-14(17(19)26)4-3-7-20-18/h3-4,7H,5-6,8-11H2,1-2H3,(H2,19,26)(H,21,22). The van der Waals surface area contributed by atoms with Crippen LogP contribution in [0.2, 0.25) is 0 Å². The molecule has 3 heterocycles. The van der Waals surface area contributed by atoms with Gasteiger partial charge >= 0.3 is 0 Å². The number of aryl methyl sites for hydroxylation is 2. The van der Waals surface area contributed by atoms with Crippen LogP contribution in [-0.4, -0.2) is 58.1 Å². The summed E-state index contributed by atoms with van der Waals surface area (Å²) in [6.07, 6.45) is 2.73. The van der Waals surface area contributed by atoms with Crippen LogP contribution in [0, 0.1) is 13.8 Å². The molecule has 3 N–H and O–H groups in total. The highest BCUT2D eigenvalue weighted by molar-refractivity contribution is 5.97. The number of amides is 2. The molecule has 0 unspecified atom stereocenters. The van der Waals surface area contributed by atoms with Crippen molar-refractivity contribution in [2.45, 2.75) is 26.7 Å². The molecule has 2 aromatic rings. The first-order valence-corrected chi connectivity index (χ1v) is 8.75. The van der Waals surface area contributed by atoms with Gasteiger partial charge in [-0.2, -0.15) is 5.10 Å². The predicted octanol–water partition coefficient (Wildman–Crippen LogP) is 0.802. The lowest BCUT2D eigenvalue weighted by Crippen LogP contribution is -2.49. The average molecular weight is 356 g/mol. The molecule has 8 heteroatoms. The molecule has 2 aromatic heterocycles. The van der Waals surface area contributed by atoms with Crippen LogP contribution in [0.1, 0.15) is 33.7 Å². The van der Waals surface area contributed by atoms with E-state index in [0.717, 1.165) is 17.0 Å². The van der Waals surface area contributed by atoms with Crippen LogP contribution in [0.15, 0.2) is 18.3 Å². The lowest BCUT2D eigenvalue weighted by molar-refractivity contribution is -0.131. The summed E-state index contributed by atoms with van der Waals surface area (Å²) >= 11 is 0. The van der Waals surface area contributed by atoms with Crippen molar-refractivity contribution in [2.75, 3.05) is 31.1 Å². The summed E-state index contributed by atoms with van der Waals surface area (Å²) in [7, 11) is 0. The molecular formula is C18H24N6O2. The van der Waals surface area contributed by atoms with E-state index >= 15 is 0 Å². The quantitative estimate of drug-likeness (QED) is 0.824. The normalized spacial score (nSPS) is 14.5. The molecule has 1 fully saturated rings. The summed E-state index contributed by atoms with van der Waals surface area (Å²) in [5, 5.41) is 7.21. The Kier molecular flexibility index (Phi) is 5.20. The fourth-order valence-corrected chi connectivity index (χ4v) is 3.17. The Balaban J connectivity index is 1.56. The van der Waals surface area contributed by atoms with Crippen molar-refractivity contribution in [2.24, 2.45) is 5.73 Å². The van der Waals surface area contributed by atoms with Gasteiger partial charge in [-0.05, 0) is 31.5 Å². The molecule has 1 saturated heterocycles. The lowest BCUT2D eigenvalue weighted by atomic mass is 10.1. The van der Waals surface area contributed by atoms with E-state index in [1.54, 1.807) is 18.3 Å². The van der Waals surface area contributed by atoms with E-state index < -0.39 is 5.91 Å². The summed E-state index contributed by atoms with van der Waals surface area (Å²) in [5.74, 6) is 0.229. The largest absolute Gasteiger partial charge is 0.365 e. The summed E-state index contributed by atoms with van der Waals surface area (Å²) in [5.41, 5.74) is 8.96. The maximum atomic E-state index is 12.5. The number of H-pyrrole nitrogens is 1. The van der Waals surface area contributed by atoms with Gasteiger partial charge in [-0.15, -0.1) is 0 Å². The minimum absolute atomic E-state index is 0.126. The van der Waals surface area contributed by atoms with Gasteiger partial charge in [-0.1, -0.05) is 0 Å². The smallest absolute Gasteiger partial charge is 0.252 e. The minimum Gasteiger partial charge on any atom is -0.365 e. The second kappa shape index (κ2) is 7.55. The third-order valence-corrected chi connectivity index (χ3v) is 4.91. The van der Waals surface area contributed by atoms with E-state index in [-0.39, 0.29) is 5.91 Å². The highest BCUT2D eigenvalue weighted by Gasteiger charge is 2.24. The Labute approximate surface area is 152 Å². The molecule has 0 aromatic carbocycles. The van der Waals surface area contributed by atoms with E-state index in [2.05, 4.69) is 15.2 Å². The predicted molar refractivity (Wildman–Crippen MR) is 97.9 cm³/mol. The Bertz CT molecular complexity index is 808. The number of piperazine rings is 1. The van der Waals surface area contributed by atoms with Gasteiger partial charge in [0, 0.05) is 50.9 Å². The molecule has 0 saturated carbocycles. The highest BCUT2D eigenvalue weighted by atomic mass is 16.2. The Morgan fingerprint density at radius 3 is 2.58 bits per heavy atom. The molecule has 26 heavy (non-hydrogen) atoms. The van der Waals surface area contributed by atoms with Crippen LogP contribution in [0.3, 0.4) is 0 Å². The van der Waals surface area contributed by atoms with Crippen molar-refractivity contribution >= 4 is 17.6 Å². The molecule has 0 spiro atoms. The molecule has 2 amide bonds. The fraction of sp³-hybridized carbons (Fsp3) is 0.444. The Hall–Kier alpha value is -2.90. The van der Waals surface area contributed by atoms with Gasteiger partial charge in [0.15, 0.2) is 0 Å². The molecule has 0 radical (unpaired) electrons. The van der Waals surface area contributed by atoms with Crippen molar-refractivity contribution in [3.63, 3.8) is 0 Å². The van der Waals surface area contributed by atoms with Crippen LogP contribution in [0.4, 0.5) is 5.82 Å². The zero-order valence-corrected chi connectivity index (χ0v) is 15.2. The monoisotopic (exact) mass is 356 g/mol. The molecule has 1 aliphatic heterocycles. The summed E-state index contributed by atoms with van der Waals surface area (Å²) in [4.78, 5) is 32.2. The number of aromatic nitrogens is 3. The number of primary amides is 1. The van der Waals surface area contributed by atoms with E-state index in [1.807, 2.05) is 23.6 Å². The topological polar surface area (TPSA) is 108 Å². The van der Waals surface area contributed by atoms with Gasteiger partial charge in [0.1, 0.15) is 5.82 Å². The average Bonchev–Trinajstić information content (AvgIpc) is 2.98. The summed E-state index contributed by atoms with van der Waals surface area (Å²) in [6.45, 7) is 6.46. The maximum absolute atomic E-state index is 12.5. The van der Waals surface area contributed by atoms with Gasteiger partial charge in [0.25, 0.3) is 5.91 Å². The summed E-state index contributed by atoms with van der Waals surface area (Å²) in [6, 6.07) is 3.37. The zero-order chi connectivity index (χ0) is 18.7. The number of anilines is 1. The lowest BCUT2D eigenvalue weighted by Gasteiger charge is -2.36. The number of hydrogen-bond acceptors (Lipinski definition) is 5. The first-order chi connectivity index (χ1) is 12.5. The maximum Gasteiger partial charge on any atom is 0.252 e. The van der Waals surface area contributed by atoms with Gasteiger partial charge < -0.3 is 15.5 Å². The highest BCUT2D eigenvalue weighted by Crippen LogP contribution is 2.19. The van der Waals surface area contributed by atoms with Crippen molar-refractivity contribution < 1.29 is 9.59 Å². The Morgan fingerprint density at radius 1 is 1.23 bits per heavy atom. The van der Waals surface area contributed by atoms with E-state index in [4.69, 9.17) is 5.73 Å². The number of pyridine rings is 1. The molecule has 1 aliphatic rings. The molecule has 0 aliphatic carbocycles. The zero-order valence-electron chi connectivity index (χ0n) is 15.2. The van der Waals surface area contributed by atoms with Crippen LogP contribution >= 0.6 is 0 Å². The summed E-state index contributed by atoms with van der Waals surface area (Å²) < 4.78 is 0. The number of hydrogen-bond donors (Lipinski definition) is 2. The minimum atomic E-state index is -0.490. The van der Waals surface area contributed by atoms with Crippen molar-refractivity contribution in [1.82, 2.24) is 20.1 Å². The molecule has 0 bridgehead atoms. The van der Waals surface area contributed by atoms with Crippen LogP contribution < -0.4 is 10.6 Å².